The fourth-order valence-corrected chi connectivity index (χ4v) is 2.06. The van der Waals surface area contributed by atoms with Gasteiger partial charge in [0.2, 0.25) is 0 Å². The second-order valence-corrected chi connectivity index (χ2v) is 5.03. The first-order valence-corrected chi connectivity index (χ1v) is 6.78. The van der Waals surface area contributed by atoms with Gasteiger partial charge in [-0.1, -0.05) is 23.2 Å². The number of hydrogen-bond acceptors (Lipinski definition) is 5. The number of nitrogens with zero attached hydrogens (tertiary/aromatic N) is 2. The molecule has 2 heterocycles. The van der Waals surface area contributed by atoms with E-state index >= 15 is 0 Å². The third-order valence-electron chi connectivity index (χ3n) is 2.76. The monoisotopic (exact) mass is 331 g/mol. The molecule has 1 unspecified atom stereocenters. The van der Waals surface area contributed by atoms with Crippen molar-refractivity contribution in [1.29, 1.82) is 0 Å². The van der Waals surface area contributed by atoms with Crippen molar-refractivity contribution in [3.8, 4) is 0 Å². The number of nitrogens with one attached hydrogen (secondary N) is 1. The topological polar surface area (TPSA) is 88.6 Å². The van der Waals surface area contributed by atoms with Gasteiger partial charge in [0.25, 0.3) is 5.91 Å². The molecule has 1 fully saturated rings. The fraction of sp³-hybridized carbons (Fsp3) is 0.333. The van der Waals surface area contributed by atoms with E-state index in [0.717, 1.165) is 4.90 Å². The lowest BCUT2D eigenvalue weighted by Crippen LogP contribution is -2.41. The van der Waals surface area contributed by atoms with Gasteiger partial charge in [0.1, 0.15) is 5.15 Å². The Morgan fingerprint density at radius 1 is 1.43 bits per heavy atom. The first-order valence-electron chi connectivity index (χ1n) is 6.02. The molecule has 2 rings (SSSR count). The Kier molecular flexibility index (Phi) is 4.64. The summed E-state index contributed by atoms with van der Waals surface area (Å²) in [7, 11) is 0. The molecule has 1 aliphatic heterocycles. The number of imide groups is 1. The van der Waals surface area contributed by atoms with Gasteiger partial charge in [0, 0.05) is 13.1 Å². The number of halogens is 2. The molecule has 1 saturated heterocycles. The van der Waals surface area contributed by atoms with Crippen LogP contribution < -0.4 is 5.32 Å². The highest BCUT2D eigenvalue weighted by atomic mass is 35.5. The SMILES string of the molecule is CC(OC(=O)c1nc(Cl)ccc1Cl)C(=O)N1CCNC1=O. The fourth-order valence-electron chi connectivity index (χ4n) is 1.73. The van der Waals surface area contributed by atoms with Crippen molar-refractivity contribution in [2.24, 2.45) is 0 Å². The Morgan fingerprint density at radius 2 is 2.14 bits per heavy atom. The molecule has 1 N–H and O–H groups in total. The lowest BCUT2D eigenvalue weighted by Gasteiger charge is -2.18. The maximum Gasteiger partial charge on any atom is 0.359 e. The van der Waals surface area contributed by atoms with Gasteiger partial charge in [-0.15, -0.1) is 0 Å². The Balaban J connectivity index is 2.06. The van der Waals surface area contributed by atoms with Gasteiger partial charge in [0.15, 0.2) is 11.8 Å². The molecule has 1 aromatic heterocycles. The Bertz CT molecular complexity index is 608. The zero-order valence-corrected chi connectivity index (χ0v) is 12.4. The van der Waals surface area contributed by atoms with Gasteiger partial charge in [-0.2, -0.15) is 0 Å². The van der Waals surface area contributed by atoms with Crippen LogP contribution in [0.25, 0.3) is 0 Å². The summed E-state index contributed by atoms with van der Waals surface area (Å²) in [6.45, 7) is 1.97. The highest BCUT2D eigenvalue weighted by Crippen LogP contribution is 2.18. The molecule has 3 amide bonds. The van der Waals surface area contributed by atoms with Gasteiger partial charge in [-0.3, -0.25) is 9.69 Å². The van der Waals surface area contributed by atoms with Crippen molar-refractivity contribution in [2.75, 3.05) is 13.1 Å². The molecule has 1 atom stereocenters. The molecular formula is C12H11Cl2N3O4. The van der Waals surface area contributed by atoms with Gasteiger partial charge >= 0.3 is 12.0 Å². The minimum Gasteiger partial charge on any atom is -0.448 e. The predicted octanol–water partition coefficient (Wildman–Crippen LogP) is 1.49. The molecule has 21 heavy (non-hydrogen) atoms. The van der Waals surface area contributed by atoms with Crippen LogP contribution in [0.2, 0.25) is 10.2 Å². The van der Waals surface area contributed by atoms with Crippen molar-refractivity contribution < 1.29 is 19.1 Å². The second-order valence-electron chi connectivity index (χ2n) is 4.23. The minimum absolute atomic E-state index is 0.0583. The van der Waals surface area contributed by atoms with E-state index in [2.05, 4.69) is 10.3 Å². The molecule has 1 aromatic rings. The number of aromatic nitrogens is 1. The number of carbonyl (C=O) groups excluding carboxylic acids is 3. The number of esters is 1. The Morgan fingerprint density at radius 3 is 2.76 bits per heavy atom. The van der Waals surface area contributed by atoms with Crippen molar-refractivity contribution in [2.45, 2.75) is 13.0 Å². The van der Waals surface area contributed by atoms with E-state index in [1.54, 1.807) is 0 Å². The van der Waals surface area contributed by atoms with Gasteiger partial charge < -0.3 is 10.1 Å². The van der Waals surface area contributed by atoms with E-state index in [1.165, 1.54) is 19.1 Å². The zero-order chi connectivity index (χ0) is 15.6. The number of hydrogen-bond donors (Lipinski definition) is 1. The van der Waals surface area contributed by atoms with Crippen LogP contribution in [0.1, 0.15) is 17.4 Å². The molecule has 0 saturated carbocycles. The lowest BCUT2D eigenvalue weighted by atomic mass is 10.3. The normalized spacial score (nSPS) is 15.6. The summed E-state index contributed by atoms with van der Waals surface area (Å²) in [4.78, 5) is 40.0. The van der Waals surface area contributed by atoms with Gasteiger partial charge in [0.05, 0.1) is 5.02 Å². The Hall–Kier alpha value is -1.86. The average Bonchev–Trinajstić information content (AvgIpc) is 2.86. The highest BCUT2D eigenvalue weighted by Gasteiger charge is 2.32. The number of urea groups is 1. The molecule has 0 aromatic carbocycles. The molecule has 9 heteroatoms. The minimum atomic E-state index is -1.14. The summed E-state index contributed by atoms with van der Waals surface area (Å²) in [5, 5.41) is 2.61. The number of pyridine rings is 1. The largest absolute Gasteiger partial charge is 0.448 e. The van der Waals surface area contributed by atoms with Gasteiger partial charge in [-0.05, 0) is 19.1 Å². The molecule has 0 aliphatic carbocycles. The first kappa shape index (κ1) is 15.5. The summed E-state index contributed by atoms with van der Waals surface area (Å²) >= 11 is 11.5. The summed E-state index contributed by atoms with van der Waals surface area (Å²) < 4.78 is 4.98. The molecular weight excluding hydrogens is 321 g/mol. The quantitative estimate of drug-likeness (QED) is 0.669. The summed E-state index contributed by atoms with van der Waals surface area (Å²) in [6.07, 6.45) is -1.14. The molecule has 0 radical (unpaired) electrons. The molecule has 0 spiro atoms. The second kappa shape index (κ2) is 6.28. The van der Waals surface area contributed by atoms with E-state index in [9.17, 15) is 14.4 Å². The van der Waals surface area contributed by atoms with Crippen LogP contribution in [0, 0.1) is 0 Å². The van der Waals surface area contributed by atoms with Crippen LogP contribution in [0.5, 0.6) is 0 Å². The number of amides is 3. The highest BCUT2D eigenvalue weighted by molar-refractivity contribution is 6.34. The summed E-state index contributed by atoms with van der Waals surface area (Å²) in [6, 6.07) is 2.30. The van der Waals surface area contributed by atoms with Crippen LogP contribution in [0.4, 0.5) is 4.79 Å². The van der Waals surface area contributed by atoms with E-state index in [1.807, 2.05) is 0 Å². The summed E-state index contributed by atoms with van der Waals surface area (Å²) in [5.41, 5.74) is -0.185. The van der Waals surface area contributed by atoms with Crippen molar-refractivity contribution >= 4 is 41.1 Å². The van der Waals surface area contributed by atoms with Crippen LogP contribution in [0.15, 0.2) is 12.1 Å². The van der Waals surface area contributed by atoms with Crippen LogP contribution >= 0.6 is 23.2 Å². The third-order valence-corrected chi connectivity index (χ3v) is 3.28. The predicted molar refractivity (Wildman–Crippen MR) is 74.2 cm³/mol. The van der Waals surface area contributed by atoms with E-state index < -0.39 is 24.0 Å². The van der Waals surface area contributed by atoms with E-state index in [4.69, 9.17) is 27.9 Å². The van der Waals surface area contributed by atoms with E-state index in [0.29, 0.717) is 6.54 Å². The molecule has 0 bridgehead atoms. The Labute approximate surface area is 130 Å². The molecule has 112 valence electrons. The van der Waals surface area contributed by atoms with E-state index in [-0.39, 0.29) is 22.4 Å². The van der Waals surface area contributed by atoms with Crippen molar-refractivity contribution in [1.82, 2.24) is 15.2 Å². The zero-order valence-electron chi connectivity index (χ0n) is 10.9. The van der Waals surface area contributed by atoms with Crippen molar-refractivity contribution in [3.05, 3.63) is 28.0 Å². The first-order chi connectivity index (χ1) is 9.90. The number of rotatable bonds is 3. The smallest absolute Gasteiger partial charge is 0.359 e. The van der Waals surface area contributed by atoms with Crippen LogP contribution in [-0.2, 0) is 9.53 Å². The standard InChI is InChI=1S/C12H11Cl2N3O4/c1-6(10(18)17-5-4-15-12(17)20)21-11(19)9-7(13)2-3-8(14)16-9/h2-3,6H,4-5H2,1H3,(H,15,20). The maximum atomic E-state index is 12.0. The average molecular weight is 332 g/mol. The summed E-state index contributed by atoms with van der Waals surface area (Å²) in [5.74, 6) is -1.50. The molecule has 7 nitrogen and oxygen atoms in total. The number of carbonyl (C=O) groups is 3. The third kappa shape index (κ3) is 3.43. The van der Waals surface area contributed by atoms with Crippen molar-refractivity contribution in [3.63, 3.8) is 0 Å². The number of ether oxygens (including phenoxy) is 1. The van der Waals surface area contributed by atoms with Crippen LogP contribution in [-0.4, -0.2) is 47.0 Å². The van der Waals surface area contributed by atoms with Gasteiger partial charge in [-0.25, -0.2) is 14.6 Å². The molecule has 1 aliphatic rings. The van der Waals surface area contributed by atoms with Crippen LogP contribution in [0.3, 0.4) is 0 Å². The maximum absolute atomic E-state index is 12.0. The lowest BCUT2D eigenvalue weighted by molar-refractivity contribution is -0.136.